The Bertz CT molecular complexity index is 3500. The smallest absolute Gasteiger partial charge is 0.290 e. The summed E-state index contributed by atoms with van der Waals surface area (Å²) in [4.78, 5) is 109. The number of aryl methyl sites for hydroxylation is 2. The van der Waals surface area contributed by atoms with Crippen LogP contribution in [0.2, 0.25) is 0 Å². The third-order valence-electron chi connectivity index (χ3n) is 15.5. The number of para-hydroxylation sites is 4. The van der Waals surface area contributed by atoms with E-state index in [0.29, 0.717) is 62.1 Å². The van der Waals surface area contributed by atoms with E-state index in [1.54, 1.807) is 0 Å². The van der Waals surface area contributed by atoms with Crippen LogP contribution < -0.4 is 10.6 Å². The molecule has 0 unspecified atom stereocenters. The number of piperazine rings is 2. The number of amides is 6. The average molecular weight is 1030 g/mol. The fourth-order valence-corrected chi connectivity index (χ4v) is 11.8. The lowest BCUT2D eigenvalue weighted by atomic mass is 10.0. The van der Waals surface area contributed by atoms with Gasteiger partial charge >= 0.3 is 0 Å². The lowest BCUT2D eigenvalue weighted by Gasteiger charge is -2.36. The predicted octanol–water partition coefficient (Wildman–Crippen LogP) is 7.25. The molecule has 4 fully saturated rings. The summed E-state index contributed by atoms with van der Waals surface area (Å²) in [6, 6.07) is 29.2. The van der Waals surface area contributed by atoms with Crippen LogP contribution in [0.4, 0.5) is 0 Å². The van der Waals surface area contributed by atoms with Gasteiger partial charge in [0.25, 0.3) is 23.6 Å². The maximum atomic E-state index is 13.7. The first kappa shape index (κ1) is 49.9. The van der Waals surface area contributed by atoms with Gasteiger partial charge in [0.1, 0.15) is 23.5 Å². The number of nitrogens with one attached hydrogen (secondary N) is 6. The molecule has 12 rings (SSSR count). The van der Waals surface area contributed by atoms with Crippen molar-refractivity contribution in [3.05, 3.63) is 131 Å². The van der Waals surface area contributed by atoms with E-state index in [4.69, 9.17) is 0 Å². The third kappa shape index (κ3) is 9.67. The minimum absolute atomic E-state index is 0.0583. The minimum Gasteiger partial charge on any atom is -0.351 e. The molecule has 6 amide bonds. The number of rotatable bonds is 12. The standard InChI is InChI=1S/2C29H32N6O3/c1-16(2)11-25(33-27(36)24-13-20-17(3)7-6-10-21(20)30-24)28(37)34-14-19-12-18(34)15-35(19)29(38)26-31-22-8-4-5-9-23(22)32-26;1-16(2)10-25(33-27(36)24-12-18-11-17(3)8-9-21(18)30-24)28(37)34-14-20-13-19(34)15-35(20)29(38)26-31-22-6-4-5-7-23(22)32-26/h4-10,13,16,18-19,25,30H,11-12,14-15H2,1-3H3,(H,31,32)(H,33,36);4-9,11-12,16,19-20,25,30H,10,13-15H2,1-3H3,(H,31,32)(H,33,36)/t18-,19-,25-;19-,20-,25-/m00/s1. The SMILES string of the molecule is Cc1ccc2[nH]c(C(=O)N[C@@H](CC(C)C)C(=O)N3C[C@@H]4C[C@H]3CN4C(=O)c3nc4ccccc4[nH]3)cc2c1.Cc1cccc2[nH]c(C(=O)N[C@@H](CC(C)C)C(=O)N3C[C@@H]4C[C@H]3CN4C(=O)c3nc4ccccc4[nH]3)cc12. The summed E-state index contributed by atoms with van der Waals surface area (Å²) < 4.78 is 0. The molecule has 4 aliphatic heterocycles. The topological polar surface area (TPSA) is 228 Å². The van der Waals surface area contributed by atoms with Crippen LogP contribution in [0, 0.1) is 25.7 Å². The predicted molar refractivity (Wildman–Crippen MR) is 290 cm³/mol. The van der Waals surface area contributed by atoms with Crippen LogP contribution in [0.3, 0.4) is 0 Å². The Kier molecular flexibility index (Phi) is 13.2. The van der Waals surface area contributed by atoms with Crippen LogP contribution in [0.1, 0.15) is 107 Å². The molecule has 4 aromatic carbocycles. The number of benzene rings is 4. The summed E-state index contributed by atoms with van der Waals surface area (Å²) >= 11 is 0. The number of carbonyl (C=O) groups is 6. The first-order valence-corrected chi connectivity index (χ1v) is 26.5. The highest BCUT2D eigenvalue weighted by Crippen LogP contribution is 2.35. The van der Waals surface area contributed by atoms with Gasteiger partial charge in [-0.1, -0.05) is 75.7 Å². The van der Waals surface area contributed by atoms with Gasteiger partial charge in [-0.15, -0.1) is 0 Å². The minimum atomic E-state index is -0.631. The summed E-state index contributed by atoms with van der Waals surface area (Å²) in [6.07, 6.45) is 2.56. The number of H-pyrrole nitrogens is 4. The number of nitrogens with zero attached hydrogens (tertiary/aromatic N) is 6. The van der Waals surface area contributed by atoms with Crippen LogP contribution in [-0.2, 0) is 9.59 Å². The van der Waals surface area contributed by atoms with Crippen molar-refractivity contribution in [3.63, 3.8) is 0 Å². The molecule has 0 radical (unpaired) electrons. The van der Waals surface area contributed by atoms with Crippen molar-refractivity contribution >= 4 is 79.3 Å². The molecular formula is C58H64N12O6. The number of carbonyl (C=O) groups excluding carboxylic acids is 6. The molecule has 18 heteroatoms. The van der Waals surface area contributed by atoms with Gasteiger partial charge in [-0.3, -0.25) is 28.8 Å². The second-order valence-corrected chi connectivity index (χ2v) is 22.0. The highest BCUT2D eigenvalue weighted by atomic mass is 16.2. The van der Waals surface area contributed by atoms with Crippen molar-refractivity contribution in [3.8, 4) is 0 Å². The average Bonchev–Trinajstić information content (AvgIpc) is 4.31. The summed E-state index contributed by atoms with van der Waals surface area (Å²) in [7, 11) is 0. The lowest BCUT2D eigenvalue weighted by molar-refractivity contribution is -0.136. The Morgan fingerprint density at radius 2 is 0.987 bits per heavy atom. The fraction of sp³-hybridized carbons (Fsp3) is 0.379. The fourth-order valence-electron chi connectivity index (χ4n) is 11.8. The number of hydrogen-bond donors (Lipinski definition) is 6. The van der Waals surface area contributed by atoms with Crippen molar-refractivity contribution in [2.45, 2.75) is 103 Å². The molecule has 6 atom stereocenters. The molecular weight excluding hydrogens is 961 g/mol. The van der Waals surface area contributed by atoms with Gasteiger partial charge in [0.05, 0.1) is 46.2 Å². The third-order valence-corrected chi connectivity index (χ3v) is 15.5. The maximum Gasteiger partial charge on any atom is 0.290 e. The quantitative estimate of drug-likeness (QED) is 0.0729. The molecule has 0 spiro atoms. The number of fused-ring (bicyclic) bond motifs is 8. The van der Waals surface area contributed by atoms with E-state index in [9.17, 15) is 28.8 Å². The molecule has 6 N–H and O–H groups in total. The monoisotopic (exact) mass is 1020 g/mol. The normalized spacial score (nSPS) is 19.6. The molecule has 4 bridgehead atoms. The zero-order chi connectivity index (χ0) is 53.1. The van der Waals surface area contributed by atoms with Crippen molar-refractivity contribution in [1.29, 1.82) is 0 Å². The summed E-state index contributed by atoms with van der Waals surface area (Å²) in [5.41, 5.74) is 8.05. The molecule has 76 heavy (non-hydrogen) atoms. The van der Waals surface area contributed by atoms with Crippen molar-refractivity contribution in [2.24, 2.45) is 11.8 Å². The van der Waals surface area contributed by atoms with Gasteiger partial charge in [-0.2, -0.15) is 0 Å². The van der Waals surface area contributed by atoms with E-state index in [2.05, 4.69) is 40.5 Å². The molecule has 4 aliphatic rings. The number of aromatic amines is 4. The summed E-state index contributed by atoms with van der Waals surface area (Å²) in [5, 5.41) is 7.95. The number of imidazole rings is 2. The largest absolute Gasteiger partial charge is 0.351 e. The molecule has 4 saturated heterocycles. The zero-order valence-electron chi connectivity index (χ0n) is 43.6. The first-order chi connectivity index (χ1) is 36.5. The van der Waals surface area contributed by atoms with Crippen LogP contribution in [0.15, 0.2) is 97.1 Å². The van der Waals surface area contributed by atoms with Gasteiger partial charge < -0.3 is 50.2 Å². The van der Waals surface area contributed by atoms with E-state index in [1.807, 2.05) is 158 Å². The van der Waals surface area contributed by atoms with Crippen LogP contribution in [-0.4, -0.2) is 147 Å². The molecule has 8 aromatic rings. The molecule has 4 aromatic heterocycles. The van der Waals surface area contributed by atoms with E-state index < -0.39 is 12.1 Å². The van der Waals surface area contributed by atoms with Gasteiger partial charge in [0, 0.05) is 48.0 Å². The van der Waals surface area contributed by atoms with E-state index in [-0.39, 0.29) is 71.4 Å². The Morgan fingerprint density at radius 3 is 1.46 bits per heavy atom. The summed E-state index contributed by atoms with van der Waals surface area (Å²) in [6.45, 7) is 14.1. The highest BCUT2D eigenvalue weighted by Gasteiger charge is 2.50. The first-order valence-electron chi connectivity index (χ1n) is 26.5. The van der Waals surface area contributed by atoms with Gasteiger partial charge in [-0.25, -0.2) is 9.97 Å². The zero-order valence-corrected chi connectivity index (χ0v) is 43.6. The van der Waals surface area contributed by atoms with Crippen molar-refractivity contribution in [1.82, 2.24) is 60.1 Å². The summed E-state index contributed by atoms with van der Waals surface area (Å²) in [5.74, 6) is 0.0920. The van der Waals surface area contributed by atoms with Crippen molar-refractivity contribution in [2.75, 3.05) is 26.2 Å². The van der Waals surface area contributed by atoms with Crippen LogP contribution in [0.25, 0.3) is 43.9 Å². The Hall–Kier alpha value is -8.28. The highest BCUT2D eigenvalue weighted by molar-refractivity contribution is 6.02. The van der Waals surface area contributed by atoms with E-state index >= 15 is 0 Å². The number of likely N-dealkylation sites (tertiary alicyclic amines) is 4. The molecule has 0 aliphatic carbocycles. The molecule has 0 saturated carbocycles. The second kappa shape index (κ2) is 20.1. The number of aromatic nitrogens is 6. The van der Waals surface area contributed by atoms with Gasteiger partial charge in [-0.05, 0) is 112 Å². The number of hydrogen-bond acceptors (Lipinski definition) is 8. The van der Waals surface area contributed by atoms with E-state index in [0.717, 1.165) is 67.8 Å². The Morgan fingerprint density at radius 1 is 0.526 bits per heavy atom. The maximum absolute atomic E-state index is 13.7. The van der Waals surface area contributed by atoms with Crippen LogP contribution in [0.5, 0.6) is 0 Å². The van der Waals surface area contributed by atoms with Crippen molar-refractivity contribution < 1.29 is 28.8 Å². The Labute approximate surface area is 439 Å². The van der Waals surface area contributed by atoms with E-state index in [1.165, 1.54) is 0 Å². The van der Waals surface area contributed by atoms with Gasteiger partial charge in [0.2, 0.25) is 11.8 Å². The van der Waals surface area contributed by atoms with Crippen LogP contribution >= 0.6 is 0 Å². The van der Waals surface area contributed by atoms with Gasteiger partial charge in [0.15, 0.2) is 11.6 Å². The molecule has 8 heterocycles. The Balaban J connectivity index is 0.000000162. The second-order valence-electron chi connectivity index (χ2n) is 22.0. The molecule has 18 nitrogen and oxygen atoms in total. The molecule has 392 valence electrons. The lowest BCUT2D eigenvalue weighted by Crippen LogP contribution is -2.56.